The first-order valence-corrected chi connectivity index (χ1v) is 10.9. The van der Waals surface area contributed by atoms with Gasteiger partial charge in [-0.05, 0) is 37.1 Å². The standard InChI is InChI=1S/C20H24BrN3O3S/c1-12(2)10-18(25)24-9-8-16-17(11-24)28-20(22-16)23-19(26)13(3)27-15-6-4-14(21)5-7-15/h4-7,12-13H,8-11H2,1-3H3,(H,22,23,26). The van der Waals surface area contributed by atoms with Gasteiger partial charge in [0.05, 0.1) is 12.2 Å². The van der Waals surface area contributed by atoms with E-state index in [1.54, 1.807) is 19.1 Å². The van der Waals surface area contributed by atoms with Crippen LogP contribution in [0.1, 0.15) is 37.8 Å². The van der Waals surface area contributed by atoms with E-state index in [1.807, 2.05) is 30.9 Å². The maximum atomic E-state index is 12.4. The Labute approximate surface area is 177 Å². The van der Waals surface area contributed by atoms with Gasteiger partial charge < -0.3 is 9.64 Å². The van der Waals surface area contributed by atoms with Crippen LogP contribution in [0.5, 0.6) is 5.75 Å². The SMILES string of the molecule is CC(C)CC(=O)N1CCc2nc(NC(=O)C(C)Oc3ccc(Br)cc3)sc2C1. The molecule has 0 aliphatic carbocycles. The van der Waals surface area contributed by atoms with Crippen molar-refractivity contribution in [2.24, 2.45) is 5.92 Å². The molecule has 1 N–H and O–H groups in total. The van der Waals surface area contributed by atoms with E-state index in [0.29, 0.717) is 36.3 Å². The number of amides is 2. The highest BCUT2D eigenvalue weighted by Gasteiger charge is 2.25. The number of carbonyl (C=O) groups excluding carboxylic acids is 2. The predicted octanol–water partition coefficient (Wildman–Crippen LogP) is 4.24. The average Bonchev–Trinajstić information content (AvgIpc) is 3.04. The van der Waals surface area contributed by atoms with Crippen LogP contribution >= 0.6 is 27.3 Å². The number of carbonyl (C=O) groups is 2. The molecular weight excluding hydrogens is 442 g/mol. The van der Waals surface area contributed by atoms with Crippen LogP contribution in [0.3, 0.4) is 0 Å². The van der Waals surface area contributed by atoms with Gasteiger partial charge in [-0.1, -0.05) is 41.1 Å². The smallest absolute Gasteiger partial charge is 0.266 e. The summed E-state index contributed by atoms with van der Waals surface area (Å²) in [7, 11) is 0. The molecule has 1 aromatic carbocycles. The van der Waals surface area contributed by atoms with Gasteiger partial charge in [0.1, 0.15) is 5.75 Å². The van der Waals surface area contributed by atoms with Crippen molar-refractivity contribution < 1.29 is 14.3 Å². The summed E-state index contributed by atoms with van der Waals surface area (Å²) >= 11 is 4.80. The molecule has 1 aromatic heterocycles. The first-order chi connectivity index (χ1) is 13.3. The second kappa shape index (κ2) is 9.05. The number of aromatic nitrogens is 1. The number of rotatable bonds is 6. The average molecular weight is 466 g/mol. The van der Waals surface area contributed by atoms with Crippen LogP contribution in [0, 0.1) is 5.92 Å². The Balaban J connectivity index is 1.58. The van der Waals surface area contributed by atoms with Gasteiger partial charge in [0, 0.05) is 28.7 Å². The quantitative estimate of drug-likeness (QED) is 0.692. The number of halogens is 1. The normalized spacial score (nSPS) is 14.5. The molecule has 1 aliphatic rings. The molecule has 0 radical (unpaired) electrons. The molecule has 2 amide bonds. The van der Waals surface area contributed by atoms with Gasteiger partial charge in [-0.25, -0.2) is 4.98 Å². The molecule has 1 atom stereocenters. The molecule has 1 unspecified atom stereocenters. The number of thiazole rings is 1. The lowest BCUT2D eigenvalue weighted by molar-refractivity contribution is -0.132. The first kappa shape index (κ1) is 20.8. The maximum Gasteiger partial charge on any atom is 0.266 e. The van der Waals surface area contributed by atoms with Crippen LogP contribution < -0.4 is 10.1 Å². The maximum absolute atomic E-state index is 12.4. The summed E-state index contributed by atoms with van der Waals surface area (Å²) in [5.41, 5.74) is 0.968. The molecule has 8 heteroatoms. The number of benzene rings is 1. The van der Waals surface area contributed by atoms with Crippen LogP contribution in [0.15, 0.2) is 28.7 Å². The number of nitrogens with one attached hydrogen (secondary N) is 1. The summed E-state index contributed by atoms with van der Waals surface area (Å²) in [4.78, 5) is 32.2. The highest BCUT2D eigenvalue weighted by Crippen LogP contribution is 2.29. The number of anilines is 1. The lowest BCUT2D eigenvalue weighted by Crippen LogP contribution is -2.36. The summed E-state index contributed by atoms with van der Waals surface area (Å²) in [5, 5.41) is 3.39. The van der Waals surface area contributed by atoms with Gasteiger partial charge in [0.25, 0.3) is 5.91 Å². The number of nitrogens with zero attached hydrogens (tertiary/aromatic N) is 2. The molecule has 150 valence electrons. The van der Waals surface area contributed by atoms with Crippen molar-refractivity contribution in [1.82, 2.24) is 9.88 Å². The Bertz CT molecular complexity index is 851. The van der Waals surface area contributed by atoms with E-state index in [9.17, 15) is 9.59 Å². The molecule has 28 heavy (non-hydrogen) atoms. The van der Waals surface area contributed by atoms with E-state index in [2.05, 4.69) is 26.2 Å². The van der Waals surface area contributed by atoms with E-state index in [1.165, 1.54) is 11.3 Å². The molecule has 1 aliphatic heterocycles. The monoisotopic (exact) mass is 465 g/mol. The highest BCUT2D eigenvalue weighted by molar-refractivity contribution is 9.10. The third kappa shape index (κ3) is 5.32. The summed E-state index contributed by atoms with van der Waals surface area (Å²) in [6.07, 6.45) is 0.630. The van der Waals surface area contributed by atoms with E-state index in [-0.39, 0.29) is 11.8 Å². The summed E-state index contributed by atoms with van der Waals surface area (Å²) in [5.74, 6) is 0.902. The molecule has 2 heterocycles. The minimum absolute atomic E-state index is 0.177. The third-order valence-corrected chi connectivity index (χ3v) is 5.92. The van der Waals surface area contributed by atoms with Crippen LogP contribution in [0.2, 0.25) is 0 Å². The fourth-order valence-corrected chi connectivity index (χ4v) is 4.21. The van der Waals surface area contributed by atoms with Crippen molar-refractivity contribution in [1.29, 1.82) is 0 Å². The minimum Gasteiger partial charge on any atom is -0.481 e. The topological polar surface area (TPSA) is 71.5 Å². The lowest BCUT2D eigenvalue weighted by Gasteiger charge is -2.26. The second-order valence-electron chi connectivity index (χ2n) is 7.26. The van der Waals surface area contributed by atoms with Gasteiger partial charge in [-0.2, -0.15) is 0 Å². The van der Waals surface area contributed by atoms with Crippen molar-refractivity contribution in [2.75, 3.05) is 11.9 Å². The Morgan fingerprint density at radius 2 is 2.00 bits per heavy atom. The van der Waals surface area contributed by atoms with Gasteiger partial charge >= 0.3 is 0 Å². The largest absolute Gasteiger partial charge is 0.481 e. The first-order valence-electron chi connectivity index (χ1n) is 9.31. The fourth-order valence-electron chi connectivity index (χ4n) is 2.92. The van der Waals surface area contributed by atoms with E-state index in [0.717, 1.165) is 21.5 Å². The number of hydrogen-bond donors (Lipinski definition) is 1. The number of fused-ring (bicyclic) bond motifs is 1. The molecular formula is C20H24BrN3O3S. The summed E-state index contributed by atoms with van der Waals surface area (Å²) in [6.45, 7) is 7.05. The van der Waals surface area contributed by atoms with Gasteiger partial charge in [0.15, 0.2) is 11.2 Å². The number of hydrogen-bond acceptors (Lipinski definition) is 5. The van der Waals surface area contributed by atoms with Crippen LogP contribution in [-0.2, 0) is 22.6 Å². The third-order valence-electron chi connectivity index (χ3n) is 4.39. The Morgan fingerprint density at radius 3 is 2.68 bits per heavy atom. The molecule has 0 bridgehead atoms. The van der Waals surface area contributed by atoms with Crippen LogP contribution in [0.25, 0.3) is 0 Å². The van der Waals surface area contributed by atoms with Gasteiger partial charge in [0.2, 0.25) is 5.91 Å². The lowest BCUT2D eigenvalue weighted by atomic mass is 10.1. The number of ether oxygens (including phenoxy) is 1. The van der Waals surface area contributed by atoms with Gasteiger partial charge in [-0.15, -0.1) is 0 Å². The second-order valence-corrected chi connectivity index (χ2v) is 9.25. The van der Waals surface area contributed by atoms with E-state index >= 15 is 0 Å². The Hall–Kier alpha value is -1.93. The Kier molecular flexibility index (Phi) is 6.72. The molecule has 0 fully saturated rings. The van der Waals surface area contributed by atoms with Crippen LogP contribution in [-0.4, -0.2) is 34.3 Å². The molecule has 2 aromatic rings. The van der Waals surface area contributed by atoms with Crippen molar-refractivity contribution in [3.8, 4) is 5.75 Å². The zero-order valence-electron chi connectivity index (χ0n) is 16.2. The Morgan fingerprint density at radius 1 is 1.29 bits per heavy atom. The molecule has 3 rings (SSSR count). The van der Waals surface area contributed by atoms with E-state index < -0.39 is 6.10 Å². The van der Waals surface area contributed by atoms with Crippen molar-refractivity contribution in [3.63, 3.8) is 0 Å². The zero-order chi connectivity index (χ0) is 20.3. The van der Waals surface area contributed by atoms with Crippen LogP contribution in [0.4, 0.5) is 5.13 Å². The molecule has 6 nitrogen and oxygen atoms in total. The predicted molar refractivity (Wildman–Crippen MR) is 114 cm³/mol. The van der Waals surface area contributed by atoms with Crippen molar-refractivity contribution in [2.45, 2.75) is 46.3 Å². The molecule has 0 saturated carbocycles. The fraction of sp³-hybridized carbons (Fsp3) is 0.450. The highest BCUT2D eigenvalue weighted by atomic mass is 79.9. The van der Waals surface area contributed by atoms with Gasteiger partial charge in [-0.3, -0.25) is 14.9 Å². The van der Waals surface area contributed by atoms with Crippen molar-refractivity contribution in [3.05, 3.63) is 39.3 Å². The minimum atomic E-state index is -0.647. The summed E-state index contributed by atoms with van der Waals surface area (Å²) < 4.78 is 6.63. The summed E-state index contributed by atoms with van der Waals surface area (Å²) in [6, 6.07) is 7.33. The molecule has 0 saturated heterocycles. The molecule has 0 spiro atoms. The van der Waals surface area contributed by atoms with E-state index in [4.69, 9.17) is 4.74 Å². The van der Waals surface area contributed by atoms with Crippen molar-refractivity contribution >= 4 is 44.2 Å². The zero-order valence-corrected chi connectivity index (χ0v) is 18.6.